The van der Waals surface area contributed by atoms with Gasteiger partial charge in [0.05, 0.1) is 17.7 Å². The lowest BCUT2D eigenvalue weighted by Gasteiger charge is -2.25. The summed E-state index contributed by atoms with van der Waals surface area (Å²) in [6.07, 6.45) is 2.95. The summed E-state index contributed by atoms with van der Waals surface area (Å²) in [5.41, 5.74) is 0.307. The highest BCUT2D eigenvalue weighted by molar-refractivity contribution is 7.89. The van der Waals surface area contributed by atoms with Gasteiger partial charge in [-0.1, -0.05) is 12.1 Å². The Bertz CT molecular complexity index is 1140. The van der Waals surface area contributed by atoms with Crippen molar-refractivity contribution >= 4 is 21.4 Å². The van der Waals surface area contributed by atoms with Crippen LogP contribution in [0.15, 0.2) is 79.5 Å². The fourth-order valence-corrected chi connectivity index (χ4v) is 4.71. The summed E-state index contributed by atoms with van der Waals surface area (Å²) in [5, 5.41) is 14.8. The molecule has 4 aromatic rings. The maximum Gasteiger partial charge on any atom is 0.240 e. The number of rotatable bonds is 7. The van der Waals surface area contributed by atoms with E-state index in [4.69, 9.17) is 8.83 Å². The Morgan fingerprint density at radius 1 is 1.17 bits per heavy atom. The molecule has 4 rings (SSSR count). The Kier molecular flexibility index (Phi) is 5.13. The van der Waals surface area contributed by atoms with Gasteiger partial charge >= 0.3 is 0 Å². The Labute approximate surface area is 171 Å². The Hall–Kier alpha value is -2.72. The lowest BCUT2D eigenvalue weighted by molar-refractivity contribution is 0.0623. The fraction of sp³-hybridized carbons (Fsp3) is 0.150. The van der Waals surface area contributed by atoms with Gasteiger partial charge in [0.25, 0.3) is 0 Å². The van der Waals surface area contributed by atoms with Crippen molar-refractivity contribution in [2.24, 2.45) is 0 Å². The van der Waals surface area contributed by atoms with E-state index in [1.807, 2.05) is 5.38 Å². The summed E-state index contributed by atoms with van der Waals surface area (Å²) in [6, 6.07) is 11.3. The van der Waals surface area contributed by atoms with Crippen LogP contribution in [0.4, 0.5) is 0 Å². The Morgan fingerprint density at radius 3 is 2.55 bits per heavy atom. The highest BCUT2D eigenvalue weighted by Crippen LogP contribution is 2.31. The predicted molar refractivity (Wildman–Crippen MR) is 108 cm³/mol. The number of aromatic nitrogens is 1. The van der Waals surface area contributed by atoms with Crippen molar-refractivity contribution in [1.29, 1.82) is 0 Å². The van der Waals surface area contributed by atoms with Gasteiger partial charge in [-0.3, -0.25) is 0 Å². The number of sulfonamides is 1. The monoisotopic (exact) mass is 430 g/mol. The van der Waals surface area contributed by atoms with Gasteiger partial charge < -0.3 is 13.9 Å². The highest BCUT2D eigenvalue weighted by atomic mass is 32.2. The molecular formula is C20H18N2O5S2. The summed E-state index contributed by atoms with van der Waals surface area (Å²) >= 11 is 1.40. The molecule has 9 heteroatoms. The second-order valence-corrected chi connectivity index (χ2v) is 9.00. The van der Waals surface area contributed by atoms with Gasteiger partial charge in [0, 0.05) is 18.1 Å². The zero-order valence-electron chi connectivity index (χ0n) is 15.4. The summed E-state index contributed by atoms with van der Waals surface area (Å²) in [7, 11) is -3.86. The van der Waals surface area contributed by atoms with Crippen LogP contribution >= 0.6 is 11.3 Å². The van der Waals surface area contributed by atoms with E-state index < -0.39 is 15.6 Å². The molecule has 2 N–H and O–H groups in total. The van der Waals surface area contributed by atoms with E-state index >= 15 is 0 Å². The van der Waals surface area contributed by atoms with Crippen LogP contribution < -0.4 is 4.72 Å². The second-order valence-electron chi connectivity index (χ2n) is 6.45. The lowest BCUT2D eigenvalue weighted by Crippen LogP contribution is -2.41. The predicted octanol–water partition coefficient (Wildman–Crippen LogP) is 3.52. The van der Waals surface area contributed by atoms with Crippen LogP contribution in [-0.4, -0.2) is 25.1 Å². The molecule has 0 saturated carbocycles. The van der Waals surface area contributed by atoms with Gasteiger partial charge in [0.15, 0.2) is 11.5 Å². The van der Waals surface area contributed by atoms with E-state index in [0.717, 1.165) is 5.56 Å². The quantitative estimate of drug-likeness (QED) is 0.465. The molecule has 29 heavy (non-hydrogen) atoms. The molecule has 0 spiro atoms. The third kappa shape index (κ3) is 3.90. The summed E-state index contributed by atoms with van der Waals surface area (Å²) in [5.74, 6) is 0.791. The van der Waals surface area contributed by atoms with Crippen molar-refractivity contribution in [1.82, 2.24) is 9.71 Å². The number of nitrogens with one attached hydrogen (secondary N) is 1. The van der Waals surface area contributed by atoms with Crippen molar-refractivity contribution in [3.8, 4) is 11.3 Å². The molecule has 7 nitrogen and oxygen atoms in total. The molecule has 3 heterocycles. The maximum atomic E-state index is 12.8. The maximum absolute atomic E-state index is 12.8. The minimum absolute atomic E-state index is 0.0774. The zero-order valence-corrected chi connectivity index (χ0v) is 17.0. The van der Waals surface area contributed by atoms with E-state index in [-0.39, 0.29) is 17.2 Å². The number of furan rings is 1. The van der Waals surface area contributed by atoms with Crippen LogP contribution in [0, 0.1) is 6.92 Å². The smallest absolute Gasteiger partial charge is 0.240 e. The lowest BCUT2D eigenvalue weighted by atomic mass is 9.94. The molecule has 0 fully saturated rings. The van der Waals surface area contributed by atoms with Crippen molar-refractivity contribution < 1.29 is 22.4 Å². The number of thiophene rings is 1. The molecule has 0 aliphatic heterocycles. The topological polar surface area (TPSA) is 106 Å². The summed E-state index contributed by atoms with van der Waals surface area (Å²) in [4.78, 5) is 4.30. The molecule has 0 bridgehead atoms. The number of hydrogen-bond donors (Lipinski definition) is 2. The standard InChI is InChI=1S/C20H18N2O5S2/c1-14-22-18(11-27-14)15-4-6-17(7-5-15)29(24,25)21-13-20(23,16-8-10-28-12-16)19-3-2-9-26-19/h2-12,21,23H,13H2,1H3/t20-/m0/s1. The van der Waals surface area contributed by atoms with Crippen molar-refractivity contribution in [3.63, 3.8) is 0 Å². The van der Waals surface area contributed by atoms with Crippen LogP contribution in [0.1, 0.15) is 17.2 Å². The highest BCUT2D eigenvalue weighted by Gasteiger charge is 2.36. The Morgan fingerprint density at radius 2 is 1.97 bits per heavy atom. The fourth-order valence-electron chi connectivity index (χ4n) is 2.93. The normalized spacial score (nSPS) is 14.0. The van der Waals surface area contributed by atoms with E-state index in [9.17, 15) is 13.5 Å². The van der Waals surface area contributed by atoms with Gasteiger partial charge in [-0.15, -0.1) is 0 Å². The number of hydrogen-bond acceptors (Lipinski definition) is 7. The number of aryl methyl sites for hydroxylation is 1. The van der Waals surface area contributed by atoms with Crippen LogP contribution in [0.5, 0.6) is 0 Å². The first kappa shape index (κ1) is 19.6. The molecular weight excluding hydrogens is 412 g/mol. The SMILES string of the molecule is Cc1nc(-c2ccc(S(=O)(=O)NC[C@](O)(c3ccsc3)c3ccco3)cc2)co1. The number of aliphatic hydroxyl groups is 1. The molecule has 0 amide bonds. The van der Waals surface area contributed by atoms with E-state index in [2.05, 4.69) is 9.71 Å². The Balaban J connectivity index is 1.56. The van der Waals surface area contributed by atoms with E-state index in [0.29, 0.717) is 17.1 Å². The third-order valence-corrected chi connectivity index (χ3v) is 6.63. The summed E-state index contributed by atoms with van der Waals surface area (Å²) in [6.45, 7) is 1.46. The van der Waals surface area contributed by atoms with Crippen LogP contribution in [0.3, 0.4) is 0 Å². The van der Waals surface area contributed by atoms with Gasteiger partial charge in [-0.25, -0.2) is 18.1 Å². The van der Waals surface area contributed by atoms with Crippen LogP contribution in [0.2, 0.25) is 0 Å². The minimum Gasteiger partial charge on any atom is -0.466 e. The average Bonchev–Trinajstić information content (AvgIpc) is 3.49. The minimum atomic E-state index is -3.86. The van der Waals surface area contributed by atoms with E-state index in [1.165, 1.54) is 36.0 Å². The molecule has 150 valence electrons. The zero-order chi connectivity index (χ0) is 20.5. The van der Waals surface area contributed by atoms with Crippen LogP contribution in [0.25, 0.3) is 11.3 Å². The molecule has 3 aromatic heterocycles. The van der Waals surface area contributed by atoms with Gasteiger partial charge in [0.2, 0.25) is 10.0 Å². The largest absolute Gasteiger partial charge is 0.466 e. The molecule has 1 aromatic carbocycles. The first-order valence-electron chi connectivity index (χ1n) is 8.70. The van der Waals surface area contributed by atoms with Crippen molar-refractivity contribution in [2.45, 2.75) is 17.4 Å². The molecule has 0 saturated heterocycles. The van der Waals surface area contributed by atoms with Gasteiger partial charge in [-0.2, -0.15) is 11.3 Å². The first-order chi connectivity index (χ1) is 13.9. The average molecular weight is 431 g/mol. The number of benzene rings is 1. The summed E-state index contributed by atoms with van der Waals surface area (Å²) < 4.78 is 38.6. The first-order valence-corrected chi connectivity index (χ1v) is 11.1. The molecule has 0 unspecified atom stereocenters. The van der Waals surface area contributed by atoms with Crippen LogP contribution in [-0.2, 0) is 15.6 Å². The number of oxazole rings is 1. The molecule has 0 aliphatic carbocycles. The third-order valence-electron chi connectivity index (χ3n) is 4.52. The molecule has 0 radical (unpaired) electrons. The van der Waals surface area contributed by atoms with Gasteiger partial charge in [0.1, 0.15) is 17.7 Å². The second kappa shape index (κ2) is 7.60. The molecule has 1 atom stereocenters. The van der Waals surface area contributed by atoms with Crippen molar-refractivity contribution in [3.05, 3.63) is 83.0 Å². The number of nitrogens with zero attached hydrogens (tertiary/aromatic N) is 1. The van der Waals surface area contributed by atoms with E-state index in [1.54, 1.807) is 42.6 Å². The van der Waals surface area contributed by atoms with Crippen molar-refractivity contribution in [2.75, 3.05) is 6.54 Å². The molecule has 0 aliphatic rings. The van der Waals surface area contributed by atoms with Gasteiger partial charge in [-0.05, 0) is 41.1 Å².